The Labute approximate surface area is 121 Å². The number of aliphatic hydroxyl groups excluding tert-OH is 2. The predicted octanol–water partition coefficient (Wildman–Crippen LogP) is -0.368. The van der Waals surface area contributed by atoms with Crippen molar-refractivity contribution in [2.75, 3.05) is 12.3 Å². The third kappa shape index (κ3) is 1.86. The molecule has 3 heterocycles. The van der Waals surface area contributed by atoms with Crippen LogP contribution < -0.4 is 5.73 Å². The maximum Gasteiger partial charge on any atom is 0.272 e. The van der Waals surface area contributed by atoms with Crippen molar-refractivity contribution in [2.45, 2.75) is 30.5 Å². The monoisotopic (exact) mass is 319 g/mol. The van der Waals surface area contributed by atoms with Gasteiger partial charge >= 0.3 is 0 Å². The van der Waals surface area contributed by atoms with Gasteiger partial charge in [-0.2, -0.15) is 0 Å². The molecule has 1 saturated heterocycles. The summed E-state index contributed by atoms with van der Waals surface area (Å²) in [5, 5.41) is 18.9. The molecule has 4 atom stereocenters. The van der Waals surface area contributed by atoms with Crippen LogP contribution in [0.15, 0.2) is 12.7 Å². The molecular weight excluding hydrogens is 307 g/mol. The van der Waals surface area contributed by atoms with Crippen LogP contribution in [0.2, 0.25) is 0 Å². The second-order valence-electron chi connectivity index (χ2n) is 4.89. The quantitative estimate of drug-likeness (QED) is 0.706. The smallest absolute Gasteiger partial charge is 0.272 e. The Hall–Kier alpha value is -1.98. The van der Waals surface area contributed by atoms with Gasteiger partial charge in [-0.25, -0.2) is 28.1 Å². The van der Waals surface area contributed by atoms with Gasteiger partial charge in [0.25, 0.3) is 6.43 Å². The van der Waals surface area contributed by atoms with Crippen LogP contribution in [0.3, 0.4) is 0 Å². The summed E-state index contributed by atoms with van der Waals surface area (Å²) in [6.07, 6.45) is -7.14. The van der Waals surface area contributed by atoms with E-state index >= 15 is 0 Å². The average molecular weight is 319 g/mol. The van der Waals surface area contributed by atoms with Crippen LogP contribution in [0.4, 0.5) is 19.0 Å². The number of aromatic nitrogens is 4. The number of rotatable bonds is 3. The van der Waals surface area contributed by atoms with Crippen molar-refractivity contribution in [3.63, 3.8) is 0 Å². The molecule has 0 amide bonds. The first-order chi connectivity index (χ1) is 10.4. The van der Waals surface area contributed by atoms with E-state index in [9.17, 15) is 18.3 Å². The maximum atomic E-state index is 14.3. The normalized spacial score (nSPS) is 32.2. The number of alkyl halides is 3. The summed E-state index contributed by atoms with van der Waals surface area (Å²) in [5.41, 5.74) is 3.09. The minimum atomic E-state index is -3.29. The van der Waals surface area contributed by atoms with Gasteiger partial charge in [0.1, 0.15) is 17.9 Å². The SMILES string of the molecule is Nc1ncnc2c1ncn2[C@@H]1O[C@@](CO)(C(F)F)[C@@H](O)[C@@H]1F. The molecule has 8 nitrogen and oxygen atoms in total. The molecule has 1 fully saturated rings. The molecule has 0 radical (unpaired) electrons. The first-order valence-electron chi connectivity index (χ1n) is 6.24. The van der Waals surface area contributed by atoms with Crippen molar-refractivity contribution < 1.29 is 28.1 Å². The summed E-state index contributed by atoms with van der Waals surface area (Å²) in [5.74, 6) is 0.0278. The first kappa shape index (κ1) is 14.9. The number of imidazole rings is 1. The Kier molecular flexibility index (Phi) is 3.42. The molecule has 2 aromatic heterocycles. The number of nitrogens with two attached hydrogens (primary N) is 1. The molecule has 120 valence electrons. The third-order valence-electron chi connectivity index (χ3n) is 3.69. The van der Waals surface area contributed by atoms with Crippen molar-refractivity contribution in [1.82, 2.24) is 19.5 Å². The predicted molar refractivity (Wildman–Crippen MR) is 66.6 cm³/mol. The largest absolute Gasteiger partial charge is 0.393 e. The van der Waals surface area contributed by atoms with Gasteiger partial charge in [-0.3, -0.25) is 4.57 Å². The van der Waals surface area contributed by atoms with E-state index in [0.717, 1.165) is 17.2 Å². The summed E-state index contributed by atoms with van der Waals surface area (Å²) in [4.78, 5) is 11.4. The molecule has 2 aromatic rings. The van der Waals surface area contributed by atoms with Gasteiger partial charge in [0.2, 0.25) is 0 Å². The Morgan fingerprint density at radius 2 is 2.14 bits per heavy atom. The number of hydrogen-bond donors (Lipinski definition) is 3. The van der Waals surface area contributed by atoms with Crippen LogP contribution in [-0.2, 0) is 4.74 Å². The molecule has 1 aliphatic heterocycles. The second kappa shape index (κ2) is 5.04. The van der Waals surface area contributed by atoms with Gasteiger partial charge in [-0.15, -0.1) is 0 Å². The van der Waals surface area contributed by atoms with E-state index in [1.807, 2.05) is 0 Å². The zero-order valence-electron chi connectivity index (χ0n) is 11.0. The van der Waals surface area contributed by atoms with Gasteiger partial charge < -0.3 is 20.7 Å². The number of aliphatic hydroxyl groups is 2. The van der Waals surface area contributed by atoms with E-state index in [-0.39, 0.29) is 17.0 Å². The number of fused-ring (bicyclic) bond motifs is 1. The highest BCUT2D eigenvalue weighted by atomic mass is 19.3. The highest BCUT2D eigenvalue weighted by molar-refractivity contribution is 5.81. The lowest BCUT2D eigenvalue weighted by molar-refractivity contribution is -0.194. The first-order valence-corrected chi connectivity index (χ1v) is 6.24. The van der Waals surface area contributed by atoms with Crippen LogP contribution in [0.1, 0.15) is 6.23 Å². The number of anilines is 1. The fourth-order valence-electron chi connectivity index (χ4n) is 2.43. The lowest BCUT2D eigenvalue weighted by atomic mass is 9.97. The van der Waals surface area contributed by atoms with Crippen LogP contribution in [-0.4, -0.2) is 60.6 Å². The molecule has 0 aromatic carbocycles. The number of ether oxygens (including phenoxy) is 1. The van der Waals surface area contributed by atoms with Crippen LogP contribution in [0, 0.1) is 0 Å². The Morgan fingerprint density at radius 3 is 2.73 bits per heavy atom. The minimum absolute atomic E-state index is 0.0278. The van der Waals surface area contributed by atoms with E-state index in [4.69, 9.17) is 15.6 Å². The highest BCUT2D eigenvalue weighted by Crippen LogP contribution is 2.43. The molecule has 3 rings (SSSR count). The number of hydrogen-bond acceptors (Lipinski definition) is 7. The van der Waals surface area contributed by atoms with Crippen LogP contribution >= 0.6 is 0 Å². The Balaban J connectivity index is 2.06. The number of nitrogens with zero attached hydrogens (tertiary/aromatic N) is 4. The van der Waals surface area contributed by atoms with Crippen molar-refractivity contribution in [3.8, 4) is 0 Å². The molecule has 0 aliphatic carbocycles. The molecule has 11 heteroatoms. The zero-order chi connectivity index (χ0) is 16.1. The lowest BCUT2D eigenvalue weighted by Gasteiger charge is -2.28. The molecular formula is C11H12F3N5O3. The van der Waals surface area contributed by atoms with E-state index in [1.165, 1.54) is 0 Å². The topological polar surface area (TPSA) is 119 Å². The summed E-state index contributed by atoms with van der Waals surface area (Å²) in [7, 11) is 0. The van der Waals surface area contributed by atoms with E-state index in [1.54, 1.807) is 0 Å². The van der Waals surface area contributed by atoms with E-state index in [0.29, 0.717) is 0 Å². The molecule has 0 spiro atoms. The summed E-state index contributed by atoms with van der Waals surface area (Å²) in [6, 6.07) is 0. The molecule has 0 unspecified atom stereocenters. The van der Waals surface area contributed by atoms with Gasteiger partial charge in [0.05, 0.1) is 12.9 Å². The fourth-order valence-corrected chi connectivity index (χ4v) is 2.43. The van der Waals surface area contributed by atoms with Gasteiger partial charge in [0.15, 0.2) is 29.5 Å². The van der Waals surface area contributed by atoms with Crippen molar-refractivity contribution in [1.29, 1.82) is 0 Å². The van der Waals surface area contributed by atoms with Gasteiger partial charge in [-0.05, 0) is 0 Å². The molecule has 1 aliphatic rings. The third-order valence-corrected chi connectivity index (χ3v) is 3.69. The van der Waals surface area contributed by atoms with E-state index in [2.05, 4.69) is 15.0 Å². The van der Waals surface area contributed by atoms with Crippen molar-refractivity contribution >= 4 is 17.0 Å². The Bertz CT molecular complexity index is 699. The molecule has 4 N–H and O–H groups in total. The summed E-state index contributed by atoms with van der Waals surface area (Å²) < 4.78 is 46.5. The number of nitrogen functional groups attached to an aromatic ring is 1. The lowest BCUT2D eigenvalue weighted by Crippen LogP contribution is -2.51. The fraction of sp³-hybridized carbons (Fsp3) is 0.545. The summed E-state index contributed by atoms with van der Waals surface area (Å²) >= 11 is 0. The molecule has 0 saturated carbocycles. The van der Waals surface area contributed by atoms with Gasteiger partial charge in [-0.1, -0.05) is 0 Å². The molecule has 0 bridgehead atoms. The van der Waals surface area contributed by atoms with Gasteiger partial charge in [0, 0.05) is 0 Å². The summed E-state index contributed by atoms with van der Waals surface area (Å²) in [6.45, 7) is -1.24. The number of halogens is 3. The minimum Gasteiger partial charge on any atom is -0.393 e. The average Bonchev–Trinajstić information content (AvgIpc) is 3.02. The van der Waals surface area contributed by atoms with Crippen molar-refractivity contribution in [2.24, 2.45) is 0 Å². The van der Waals surface area contributed by atoms with E-state index < -0.39 is 37.1 Å². The molecule has 22 heavy (non-hydrogen) atoms. The zero-order valence-corrected chi connectivity index (χ0v) is 11.0. The van der Waals surface area contributed by atoms with Crippen molar-refractivity contribution in [3.05, 3.63) is 12.7 Å². The van der Waals surface area contributed by atoms with Crippen LogP contribution in [0.25, 0.3) is 11.2 Å². The highest BCUT2D eigenvalue weighted by Gasteiger charge is 2.61. The standard InChI is InChI=1S/C11H12F3N5O3/c12-4-6(21)11(1-20,10(13)14)22-9(4)19-3-18-5-7(15)16-2-17-8(5)19/h2-4,6,9-10,20-21H,1H2,(H2,15,16,17)/t4-,6-,9+,11+/m0/s1. The Morgan fingerprint density at radius 1 is 1.41 bits per heavy atom. The second-order valence-corrected chi connectivity index (χ2v) is 4.89. The van der Waals surface area contributed by atoms with Crippen LogP contribution in [0.5, 0.6) is 0 Å². The maximum absolute atomic E-state index is 14.3.